The van der Waals surface area contributed by atoms with Gasteiger partial charge in [0.2, 0.25) is 5.43 Å². The lowest BCUT2D eigenvalue weighted by molar-refractivity contribution is -0.212. The molecule has 2 aliphatic heterocycles. The van der Waals surface area contributed by atoms with Crippen molar-refractivity contribution >= 4 is 34.6 Å². The molecule has 1 saturated heterocycles. The van der Waals surface area contributed by atoms with E-state index in [1.165, 1.54) is 11.1 Å². The van der Waals surface area contributed by atoms with Crippen LogP contribution < -0.4 is 16.1 Å². The maximum atomic E-state index is 15.5. The van der Waals surface area contributed by atoms with E-state index in [9.17, 15) is 32.7 Å². The van der Waals surface area contributed by atoms with Crippen LogP contribution in [0.15, 0.2) is 23.1 Å². The number of carboxylic acid groups (broad SMARTS) is 1. The van der Waals surface area contributed by atoms with Gasteiger partial charge in [-0.1, -0.05) is 12.2 Å². The molecule has 2 atom stereocenters. The van der Waals surface area contributed by atoms with Crippen molar-refractivity contribution in [3.63, 3.8) is 0 Å². The quantitative estimate of drug-likeness (QED) is 0.394. The Balaban J connectivity index is 1.67. The first-order chi connectivity index (χ1) is 15.9. The minimum absolute atomic E-state index is 0.0125. The number of anilines is 1. The second-order valence-electron chi connectivity index (χ2n) is 8.91. The SMILES string of the molecule is NC1(OC(=O)C(F)(F)F)C[C@@H]2CC=Cc3c(c(F)cc4c(=O)c(C(=O)O)cn(C5CC5)c34)N2C1. The number of fused-ring (bicyclic) bond motifs is 5. The highest BCUT2D eigenvalue weighted by Crippen LogP contribution is 2.44. The van der Waals surface area contributed by atoms with E-state index >= 15 is 4.39 Å². The van der Waals surface area contributed by atoms with Crippen molar-refractivity contribution in [1.82, 2.24) is 4.57 Å². The first-order valence-corrected chi connectivity index (χ1v) is 10.6. The molecule has 3 aliphatic rings. The Kier molecular flexibility index (Phi) is 4.80. The summed E-state index contributed by atoms with van der Waals surface area (Å²) < 4.78 is 60.0. The largest absolute Gasteiger partial charge is 0.490 e. The number of ether oxygens (including phenoxy) is 1. The summed E-state index contributed by atoms with van der Waals surface area (Å²) in [5.41, 5.74) is 3.35. The summed E-state index contributed by atoms with van der Waals surface area (Å²) in [6.07, 6.45) is 0.943. The Labute approximate surface area is 189 Å². The summed E-state index contributed by atoms with van der Waals surface area (Å²) in [5.74, 6) is -4.70. The van der Waals surface area contributed by atoms with E-state index in [2.05, 4.69) is 4.74 Å². The molecule has 1 unspecified atom stereocenters. The van der Waals surface area contributed by atoms with Crippen molar-refractivity contribution in [3.05, 3.63) is 45.5 Å². The lowest BCUT2D eigenvalue weighted by Crippen LogP contribution is -2.49. The molecule has 0 amide bonds. The van der Waals surface area contributed by atoms with E-state index in [4.69, 9.17) is 5.73 Å². The van der Waals surface area contributed by atoms with Crippen LogP contribution >= 0.6 is 0 Å². The topological polar surface area (TPSA) is 115 Å². The molecule has 8 nitrogen and oxygen atoms in total. The molecule has 3 N–H and O–H groups in total. The molecule has 2 fully saturated rings. The molecular weight excluding hydrogens is 462 g/mol. The normalized spacial score (nSPS) is 24.0. The third-order valence-corrected chi connectivity index (χ3v) is 6.42. The van der Waals surface area contributed by atoms with Crippen LogP contribution in [0.1, 0.15) is 47.6 Å². The number of rotatable bonds is 3. The van der Waals surface area contributed by atoms with Gasteiger partial charge in [0.15, 0.2) is 5.72 Å². The van der Waals surface area contributed by atoms with E-state index in [-0.39, 0.29) is 30.0 Å². The van der Waals surface area contributed by atoms with E-state index < -0.39 is 53.2 Å². The summed E-state index contributed by atoms with van der Waals surface area (Å²) in [7, 11) is 0. The number of carboxylic acids is 1. The molecule has 3 heterocycles. The first kappa shape index (κ1) is 22.4. The molecule has 0 spiro atoms. The maximum absolute atomic E-state index is 15.5. The summed E-state index contributed by atoms with van der Waals surface area (Å²) in [5, 5.41) is 9.35. The molecule has 1 saturated carbocycles. The van der Waals surface area contributed by atoms with Gasteiger partial charge >= 0.3 is 18.1 Å². The molecule has 0 bridgehead atoms. The van der Waals surface area contributed by atoms with Gasteiger partial charge in [-0.05, 0) is 25.3 Å². The van der Waals surface area contributed by atoms with Crippen LogP contribution in [-0.4, -0.2) is 46.1 Å². The fourth-order valence-corrected chi connectivity index (χ4v) is 4.87. The predicted octanol–water partition coefficient (Wildman–Crippen LogP) is 2.93. The van der Waals surface area contributed by atoms with Crippen LogP contribution in [0.5, 0.6) is 0 Å². The zero-order valence-electron chi connectivity index (χ0n) is 17.6. The highest BCUT2D eigenvalue weighted by Gasteiger charge is 2.51. The minimum atomic E-state index is -5.23. The van der Waals surface area contributed by atoms with Crippen LogP contribution in [0.25, 0.3) is 17.0 Å². The molecule has 180 valence electrons. The van der Waals surface area contributed by atoms with Gasteiger partial charge in [0.25, 0.3) is 0 Å². The zero-order chi connectivity index (χ0) is 24.6. The molecule has 0 radical (unpaired) electrons. The number of hydrogen-bond donors (Lipinski definition) is 2. The molecule has 34 heavy (non-hydrogen) atoms. The van der Waals surface area contributed by atoms with Gasteiger partial charge in [-0.25, -0.2) is 14.0 Å². The average molecular weight is 481 g/mol. The summed E-state index contributed by atoms with van der Waals surface area (Å²) in [4.78, 5) is 37.3. The second-order valence-corrected chi connectivity index (χ2v) is 8.91. The number of halogens is 4. The van der Waals surface area contributed by atoms with Gasteiger partial charge in [-0.2, -0.15) is 13.2 Å². The summed E-state index contributed by atoms with van der Waals surface area (Å²) >= 11 is 0. The zero-order valence-corrected chi connectivity index (χ0v) is 17.6. The predicted molar refractivity (Wildman–Crippen MR) is 112 cm³/mol. The van der Waals surface area contributed by atoms with Gasteiger partial charge in [0.05, 0.1) is 23.1 Å². The van der Waals surface area contributed by atoms with Crippen molar-refractivity contribution in [2.24, 2.45) is 5.73 Å². The molecule has 1 aliphatic carbocycles. The minimum Gasteiger partial charge on any atom is -0.477 e. The van der Waals surface area contributed by atoms with Gasteiger partial charge in [0.1, 0.15) is 11.4 Å². The van der Waals surface area contributed by atoms with Crippen LogP contribution in [-0.2, 0) is 9.53 Å². The average Bonchev–Trinajstić information content (AvgIpc) is 3.53. The Hall–Kier alpha value is -3.41. The van der Waals surface area contributed by atoms with E-state index in [1.54, 1.807) is 16.7 Å². The number of esters is 1. The molecule has 2 aromatic rings. The maximum Gasteiger partial charge on any atom is 0.490 e. The number of nitrogens with zero attached hydrogens (tertiary/aromatic N) is 2. The van der Waals surface area contributed by atoms with Gasteiger partial charge < -0.3 is 19.3 Å². The number of nitrogens with two attached hydrogens (primary N) is 1. The highest BCUT2D eigenvalue weighted by atomic mass is 19.4. The molecule has 1 aromatic heterocycles. The number of pyridine rings is 1. The van der Waals surface area contributed by atoms with Crippen molar-refractivity contribution in [2.45, 2.75) is 49.7 Å². The van der Waals surface area contributed by atoms with Crippen molar-refractivity contribution in [2.75, 3.05) is 11.4 Å². The number of carbonyl (C=O) groups is 2. The number of benzene rings is 1. The molecule has 12 heteroatoms. The van der Waals surface area contributed by atoms with Gasteiger partial charge in [-0.3, -0.25) is 10.5 Å². The fourth-order valence-electron chi connectivity index (χ4n) is 4.87. The molecule has 5 rings (SSSR count). The van der Waals surface area contributed by atoms with Gasteiger partial charge in [-0.15, -0.1) is 0 Å². The smallest absolute Gasteiger partial charge is 0.477 e. The van der Waals surface area contributed by atoms with Crippen LogP contribution in [0.4, 0.5) is 23.2 Å². The number of aromatic nitrogens is 1. The monoisotopic (exact) mass is 481 g/mol. The Morgan fingerprint density at radius 1 is 1.24 bits per heavy atom. The standard InChI is InChI=1S/C22H19F4N3O5/c23-15-6-13-16(28(10-4-5-10)8-14(18(13)30)19(31)32)12-3-1-2-11-7-21(27,9-29(11)17(12)15)34-20(33)22(24,25)26/h1,3,6,8,10-11H,2,4-5,7,9,27H2,(H,31,32)/t11-,21?/m0/s1. The fraction of sp³-hybridized carbons (Fsp3) is 0.409. The van der Waals surface area contributed by atoms with E-state index in [0.29, 0.717) is 11.1 Å². The number of aromatic carboxylic acids is 1. The van der Waals surface area contributed by atoms with E-state index in [1.807, 2.05) is 0 Å². The third kappa shape index (κ3) is 3.52. The Bertz CT molecular complexity index is 1330. The second kappa shape index (κ2) is 7.29. The number of carbonyl (C=O) groups excluding carboxylic acids is 1. The van der Waals surface area contributed by atoms with Gasteiger partial charge in [0, 0.05) is 30.3 Å². The molecular formula is C22H19F4N3O5. The summed E-state index contributed by atoms with van der Waals surface area (Å²) in [6, 6.07) is 0.328. The van der Waals surface area contributed by atoms with Crippen molar-refractivity contribution in [3.8, 4) is 0 Å². The Morgan fingerprint density at radius 2 is 1.94 bits per heavy atom. The Morgan fingerprint density at radius 3 is 2.56 bits per heavy atom. The lowest BCUT2D eigenvalue weighted by Gasteiger charge is -2.28. The molecule has 1 aromatic carbocycles. The number of hydrogen-bond acceptors (Lipinski definition) is 6. The van der Waals surface area contributed by atoms with Crippen LogP contribution in [0.2, 0.25) is 0 Å². The van der Waals surface area contributed by atoms with E-state index in [0.717, 1.165) is 18.9 Å². The van der Waals surface area contributed by atoms with Crippen LogP contribution in [0, 0.1) is 5.82 Å². The summed E-state index contributed by atoms with van der Waals surface area (Å²) in [6.45, 7) is -0.391. The van der Waals surface area contributed by atoms with Crippen molar-refractivity contribution in [1.29, 1.82) is 0 Å². The lowest BCUT2D eigenvalue weighted by atomic mass is 10.0. The number of alkyl halides is 3. The van der Waals surface area contributed by atoms with Crippen LogP contribution in [0.3, 0.4) is 0 Å². The highest BCUT2D eigenvalue weighted by molar-refractivity contribution is 5.98. The van der Waals surface area contributed by atoms with Crippen molar-refractivity contribution < 1.29 is 37.0 Å². The third-order valence-electron chi connectivity index (χ3n) is 6.42. The first-order valence-electron chi connectivity index (χ1n) is 10.6.